The molecule has 1 aliphatic heterocycles. The number of ketones is 1. The second-order valence-corrected chi connectivity index (χ2v) is 7.33. The Balaban J connectivity index is 2.03. The molecule has 0 spiro atoms. The highest BCUT2D eigenvalue weighted by Crippen LogP contribution is 2.39. The van der Waals surface area contributed by atoms with E-state index in [1.165, 1.54) is 0 Å². The van der Waals surface area contributed by atoms with E-state index in [2.05, 4.69) is 6.92 Å². The molecule has 28 heavy (non-hydrogen) atoms. The molecule has 1 fully saturated rings. The van der Waals surface area contributed by atoms with Crippen LogP contribution in [0.25, 0.3) is 5.76 Å². The lowest BCUT2D eigenvalue weighted by atomic mass is 9.95. The molecule has 0 radical (unpaired) electrons. The Hall–Kier alpha value is -2.88. The molecule has 1 amide bonds. The Morgan fingerprint density at radius 2 is 1.64 bits per heavy atom. The standard InChI is InChI=1S/C24H27NO3/c1-3-4-5-9-16-25-21(18-10-7-6-8-11-18)20(23(27)24(25)28)22(26)19-14-12-17(2)13-15-19/h6-8,10-15,21,26H,3-5,9,16H2,1-2H3. The Labute approximate surface area is 166 Å². The van der Waals surface area contributed by atoms with Crippen molar-refractivity contribution in [2.75, 3.05) is 6.54 Å². The van der Waals surface area contributed by atoms with E-state index in [9.17, 15) is 14.7 Å². The molecule has 1 atom stereocenters. The normalized spacial score (nSPS) is 18.6. The maximum absolute atomic E-state index is 12.9. The number of carbonyl (C=O) groups excluding carboxylic acids is 2. The van der Waals surface area contributed by atoms with Crippen molar-refractivity contribution in [1.82, 2.24) is 4.90 Å². The van der Waals surface area contributed by atoms with Crippen molar-refractivity contribution >= 4 is 17.4 Å². The average Bonchev–Trinajstić information content (AvgIpc) is 2.97. The SMILES string of the molecule is CCCCCCN1C(=O)C(=O)C(=C(O)c2ccc(C)cc2)C1c1ccccc1. The highest BCUT2D eigenvalue weighted by Gasteiger charge is 2.45. The number of hydrogen-bond acceptors (Lipinski definition) is 3. The van der Waals surface area contributed by atoms with Crippen LogP contribution in [0.5, 0.6) is 0 Å². The van der Waals surface area contributed by atoms with Gasteiger partial charge in [0.05, 0.1) is 11.6 Å². The molecule has 0 bridgehead atoms. The first-order valence-electron chi connectivity index (χ1n) is 9.95. The van der Waals surface area contributed by atoms with Gasteiger partial charge in [-0.3, -0.25) is 9.59 Å². The Morgan fingerprint density at radius 1 is 0.964 bits per heavy atom. The molecule has 0 saturated carbocycles. The summed E-state index contributed by atoms with van der Waals surface area (Å²) in [5, 5.41) is 10.9. The number of rotatable bonds is 7. The molecular weight excluding hydrogens is 350 g/mol. The van der Waals surface area contributed by atoms with Crippen LogP contribution in [0, 0.1) is 6.92 Å². The van der Waals surface area contributed by atoms with E-state index >= 15 is 0 Å². The van der Waals surface area contributed by atoms with Crippen LogP contribution in [0.4, 0.5) is 0 Å². The van der Waals surface area contributed by atoms with Crippen LogP contribution in [-0.2, 0) is 9.59 Å². The van der Waals surface area contributed by atoms with E-state index in [4.69, 9.17) is 0 Å². The molecule has 4 heteroatoms. The lowest BCUT2D eigenvalue weighted by Gasteiger charge is -2.25. The van der Waals surface area contributed by atoms with Crippen molar-refractivity contribution in [3.8, 4) is 0 Å². The van der Waals surface area contributed by atoms with Gasteiger partial charge in [0.15, 0.2) is 0 Å². The predicted molar refractivity (Wildman–Crippen MR) is 111 cm³/mol. The molecule has 2 aromatic rings. The molecule has 0 aromatic heterocycles. The van der Waals surface area contributed by atoms with Crippen LogP contribution < -0.4 is 0 Å². The fourth-order valence-electron chi connectivity index (χ4n) is 3.67. The van der Waals surface area contributed by atoms with Crippen molar-refractivity contribution in [1.29, 1.82) is 0 Å². The number of hydrogen-bond donors (Lipinski definition) is 1. The zero-order chi connectivity index (χ0) is 20.1. The summed E-state index contributed by atoms with van der Waals surface area (Å²) in [6.07, 6.45) is 4.06. The van der Waals surface area contributed by atoms with Crippen LogP contribution in [-0.4, -0.2) is 28.2 Å². The maximum atomic E-state index is 12.9. The zero-order valence-corrected chi connectivity index (χ0v) is 16.5. The van der Waals surface area contributed by atoms with E-state index in [1.807, 2.05) is 49.4 Å². The number of carbonyl (C=O) groups is 2. The molecule has 3 rings (SSSR count). The van der Waals surface area contributed by atoms with Gasteiger partial charge >= 0.3 is 0 Å². The lowest BCUT2D eigenvalue weighted by Crippen LogP contribution is -2.30. The van der Waals surface area contributed by atoms with Crippen LogP contribution in [0.15, 0.2) is 60.2 Å². The third kappa shape index (κ3) is 4.01. The van der Waals surface area contributed by atoms with Crippen LogP contribution in [0.2, 0.25) is 0 Å². The molecule has 1 heterocycles. The van der Waals surface area contributed by atoms with Gasteiger partial charge in [-0.05, 0) is 18.9 Å². The van der Waals surface area contributed by atoms with Crippen LogP contribution >= 0.6 is 0 Å². The summed E-state index contributed by atoms with van der Waals surface area (Å²) < 4.78 is 0. The molecular formula is C24H27NO3. The quantitative estimate of drug-likeness (QED) is 0.320. The van der Waals surface area contributed by atoms with Gasteiger partial charge in [0.25, 0.3) is 11.7 Å². The molecule has 0 aliphatic carbocycles. The number of Topliss-reactive ketones (excluding diaryl/α,β-unsaturated/α-hetero) is 1. The summed E-state index contributed by atoms with van der Waals surface area (Å²) >= 11 is 0. The summed E-state index contributed by atoms with van der Waals surface area (Å²) in [5.41, 5.74) is 2.63. The van der Waals surface area contributed by atoms with Gasteiger partial charge in [-0.2, -0.15) is 0 Å². The third-order valence-corrected chi connectivity index (χ3v) is 5.23. The summed E-state index contributed by atoms with van der Waals surface area (Å²) in [6.45, 7) is 4.61. The van der Waals surface area contributed by atoms with Crippen molar-refractivity contribution in [3.63, 3.8) is 0 Å². The van der Waals surface area contributed by atoms with Crippen LogP contribution in [0.3, 0.4) is 0 Å². The average molecular weight is 377 g/mol. The lowest BCUT2D eigenvalue weighted by molar-refractivity contribution is -0.139. The number of amides is 1. The summed E-state index contributed by atoms with van der Waals surface area (Å²) in [4.78, 5) is 27.3. The first kappa shape index (κ1) is 19.9. The van der Waals surface area contributed by atoms with Gasteiger partial charge in [-0.1, -0.05) is 86.3 Å². The van der Waals surface area contributed by atoms with E-state index in [0.717, 1.165) is 36.8 Å². The molecule has 4 nitrogen and oxygen atoms in total. The van der Waals surface area contributed by atoms with Crippen molar-refractivity contribution < 1.29 is 14.7 Å². The van der Waals surface area contributed by atoms with Crippen LogP contribution in [0.1, 0.15) is 55.3 Å². The van der Waals surface area contributed by atoms with Gasteiger partial charge in [-0.15, -0.1) is 0 Å². The maximum Gasteiger partial charge on any atom is 0.295 e. The second-order valence-electron chi connectivity index (χ2n) is 7.33. The molecule has 146 valence electrons. The number of nitrogens with zero attached hydrogens (tertiary/aromatic N) is 1. The summed E-state index contributed by atoms with van der Waals surface area (Å²) in [7, 11) is 0. The number of benzene rings is 2. The number of unbranched alkanes of at least 4 members (excludes halogenated alkanes) is 3. The van der Waals surface area contributed by atoms with Crippen molar-refractivity contribution in [2.45, 2.75) is 45.6 Å². The largest absolute Gasteiger partial charge is 0.507 e. The Kier molecular flexibility index (Phi) is 6.30. The fourth-order valence-corrected chi connectivity index (χ4v) is 3.67. The number of aliphatic hydroxyl groups excluding tert-OH is 1. The topological polar surface area (TPSA) is 57.6 Å². The monoisotopic (exact) mass is 377 g/mol. The molecule has 1 unspecified atom stereocenters. The van der Waals surface area contributed by atoms with Crippen molar-refractivity contribution in [2.24, 2.45) is 0 Å². The van der Waals surface area contributed by atoms with Gasteiger partial charge in [0.1, 0.15) is 5.76 Å². The van der Waals surface area contributed by atoms with Gasteiger partial charge < -0.3 is 10.0 Å². The highest BCUT2D eigenvalue weighted by atomic mass is 16.3. The molecule has 1 saturated heterocycles. The van der Waals surface area contributed by atoms with Crippen molar-refractivity contribution in [3.05, 3.63) is 76.9 Å². The summed E-state index contributed by atoms with van der Waals surface area (Å²) in [6, 6.07) is 16.2. The molecule has 2 aromatic carbocycles. The first-order valence-corrected chi connectivity index (χ1v) is 9.95. The minimum atomic E-state index is -0.609. The van der Waals surface area contributed by atoms with E-state index in [0.29, 0.717) is 12.1 Å². The zero-order valence-electron chi connectivity index (χ0n) is 16.5. The first-order chi connectivity index (χ1) is 13.5. The highest BCUT2D eigenvalue weighted by molar-refractivity contribution is 6.46. The smallest absolute Gasteiger partial charge is 0.295 e. The molecule has 1 aliphatic rings. The Morgan fingerprint density at radius 3 is 2.29 bits per heavy atom. The summed E-state index contributed by atoms with van der Waals surface area (Å²) in [5.74, 6) is -1.25. The third-order valence-electron chi connectivity index (χ3n) is 5.23. The second kappa shape index (κ2) is 8.87. The number of aliphatic hydroxyl groups is 1. The predicted octanol–water partition coefficient (Wildman–Crippen LogP) is 5.00. The van der Waals surface area contributed by atoms with Gasteiger partial charge in [-0.25, -0.2) is 0 Å². The molecule has 1 N–H and O–H groups in total. The number of likely N-dealkylation sites (tertiary alicyclic amines) is 1. The van der Waals surface area contributed by atoms with E-state index in [1.54, 1.807) is 17.0 Å². The van der Waals surface area contributed by atoms with E-state index < -0.39 is 17.7 Å². The van der Waals surface area contributed by atoms with Gasteiger partial charge in [0, 0.05) is 12.1 Å². The fraction of sp³-hybridized carbons (Fsp3) is 0.333. The van der Waals surface area contributed by atoms with E-state index in [-0.39, 0.29) is 11.3 Å². The minimum absolute atomic E-state index is 0.108. The number of aryl methyl sites for hydroxylation is 1. The van der Waals surface area contributed by atoms with Gasteiger partial charge in [0.2, 0.25) is 0 Å². The Bertz CT molecular complexity index is 868. The minimum Gasteiger partial charge on any atom is -0.507 e.